The second kappa shape index (κ2) is 5.94. The number of hydrogen-bond acceptors (Lipinski definition) is 1. The van der Waals surface area contributed by atoms with Gasteiger partial charge in [-0.15, -0.1) is 13.2 Å². The predicted octanol–water partition coefficient (Wildman–Crippen LogP) is 4.88. The van der Waals surface area contributed by atoms with E-state index in [-0.39, 0.29) is 5.75 Å². The smallest absolute Gasteiger partial charge is 0.406 e. The van der Waals surface area contributed by atoms with Gasteiger partial charge >= 0.3 is 6.36 Å². The molecule has 96 valence electrons. The number of ether oxygens (including phenoxy) is 1. The normalized spacial score (nSPS) is 13.5. The van der Waals surface area contributed by atoms with Crippen LogP contribution >= 0.6 is 0 Å². The molecule has 0 aliphatic rings. The lowest BCUT2D eigenvalue weighted by atomic mass is 9.92. The van der Waals surface area contributed by atoms with Gasteiger partial charge in [-0.1, -0.05) is 32.4 Å². The van der Waals surface area contributed by atoms with Crippen molar-refractivity contribution >= 4 is 0 Å². The third-order valence-electron chi connectivity index (χ3n) is 2.72. The van der Waals surface area contributed by atoms with Crippen LogP contribution in [0.2, 0.25) is 0 Å². The van der Waals surface area contributed by atoms with Crippen LogP contribution in [0.3, 0.4) is 0 Å². The van der Waals surface area contributed by atoms with Crippen LogP contribution in [-0.2, 0) is 0 Å². The first kappa shape index (κ1) is 13.9. The molecule has 1 aromatic carbocycles. The van der Waals surface area contributed by atoms with E-state index in [1.54, 1.807) is 12.1 Å². The molecule has 0 aromatic heterocycles. The third-order valence-corrected chi connectivity index (χ3v) is 2.72. The molecule has 1 rings (SSSR count). The van der Waals surface area contributed by atoms with Gasteiger partial charge in [-0.3, -0.25) is 0 Å². The number of halogens is 3. The SMILES string of the molecule is CCCC(CC)c1ccc(OC(F)(F)F)cc1. The van der Waals surface area contributed by atoms with E-state index in [0.717, 1.165) is 24.8 Å². The lowest BCUT2D eigenvalue weighted by molar-refractivity contribution is -0.274. The number of benzene rings is 1. The fraction of sp³-hybridized carbons (Fsp3) is 0.538. The monoisotopic (exact) mass is 246 g/mol. The van der Waals surface area contributed by atoms with Crippen molar-refractivity contribution in [1.82, 2.24) is 0 Å². The Morgan fingerprint density at radius 2 is 1.71 bits per heavy atom. The second-order valence-corrected chi connectivity index (χ2v) is 4.01. The highest BCUT2D eigenvalue weighted by atomic mass is 19.4. The van der Waals surface area contributed by atoms with Gasteiger partial charge in [-0.2, -0.15) is 0 Å². The minimum atomic E-state index is -4.62. The molecule has 0 spiro atoms. The summed E-state index contributed by atoms with van der Waals surface area (Å²) in [5, 5.41) is 0. The topological polar surface area (TPSA) is 9.23 Å². The molecule has 0 aliphatic heterocycles. The van der Waals surface area contributed by atoms with Crippen molar-refractivity contribution in [2.75, 3.05) is 0 Å². The first-order chi connectivity index (χ1) is 7.96. The molecule has 1 unspecified atom stereocenters. The number of rotatable bonds is 5. The van der Waals surface area contributed by atoms with E-state index in [0.29, 0.717) is 5.92 Å². The molecular formula is C13H17F3O. The molecule has 1 nitrogen and oxygen atoms in total. The van der Waals surface area contributed by atoms with E-state index >= 15 is 0 Å². The van der Waals surface area contributed by atoms with Crippen molar-refractivity contribution in [3.8, 4) is 5.75 Å². The van der Waals surface area contributed by atoms with E-state index in [1.165, 1.54) is 12.1 Å². The Bertz CT molecular complexity index is 330. The Kier molecular flexibility index (Phi) is 4.85. The van der Waals surface area contributed by atoms with Crippen LogP contribution in [0.5, 0.6) is 5.75 Å². The van der Waals surface area contributed by atoms with Crippen LogP contribution in [0.1, 0.15) is 44.6 Å². The van der Waals surface area contributed by atoms with Crippen LogP contribution in [0.25, 0.3) is 0 Å². The van der Waals surface area contributed by atoms with Gasteiger partial charge in [-0.25, -0.2) is 0 Å². The molecule has 1 atom stereocenters. The van der Waals surface area contributed by atoms with Crippen molar-refractivity contribution in [3.05, 3.63) is 29.8 Å². The number of alkyl halides is 3. The van der Waals surface area contributed by atoms with Crippen LogP contribution in [0, 0.1) is 0 Å². The molecule has 0 saturated carbocycles. The first-order valence-electron chi connectivity index (χ1n) is 5.82. The van der Waals surface area contributed by atoms with Gasteiger partial charge in [0.2, 0.25) is 0 Å². The fourth-order valence-corrected chi connectivity index (χ4v) is 1.90. The zero-order chi connectivity index (χ0) is 12.9. The van der Waals surface area contributed by atoms with Crippen molar-refractivity contribution in [2.45, 2.75) is 45.4 Å². The van der Waals surface area contributed by atoms with Crippen molar-refractivity contribution in [1.29, 1.82) is 0 Å². The van der Waals surface area contributed by atoms with E-state index in [4.69, 9.17) is 0 Å². The van der Waals surface area contributed by atoms with Gasteiger partial charge in [-0.05, 0) is 36.5 Å². The molecule has 0 fully saturated rings. The van der Waals surface area contributed by atoms with Gasteiger partial charge in [0.05, 0.1) is 0 Å². The highest BCUT2D eigenvalue weighted by molar-refractivity contribution is 5.29. The molecule has 0 saturated heterocycles. The maximum Gasteiger partial charge on any atom is 0.573 e. The Morgan fingerprint density at radius 1 is 1.12 bits per heavy atom. The van der Waals surface area contributed by atoms with E-state index < -0.39 is 6.36 Å². The van der Waals surface area contributed by atoms with Gasteiger partial charge in [0.1, 0.15) is 5.75 Å². The van der Waals surface area contributed by atoms with Crippen LogP contribution in [0.15, 0.2) is 24.3 Å². The third kappa shape index (κ3) is 4.67. The minimum absolute atomic E-state index is 0.160. The predicted molar refractivity (Wildman–Crippen MR) is 61.1 cm³/mol. The van der Waals surface area contributed by atoms with Gasteiger partial charge in [0.25, 0.3) is 0 Å². The molecule has 1 aromatic rings. The molecule has 0 N–H and O–H groups in total. The molecule has 0 heterocycles. The Balaban J connectivity index is 2.73. The fourth-order valence-electron chi connectivity index (χ4n) is 1.90. The van der Waals surface area contributed by atoms with Gasteiger partial charge in [0, 0.05) is 0 Å². The summed E-state index contributed by atoms with van der Waals surface area (Å²) in [5.74, 6) is 0.257. The highest BCUT2D eigenvalue weighted by Crippen LogP contribution is 2.28. The minimum Gasteiger partial charge on any atom is -0.406 e. The summed E-state index contributed by atoms with van der Waals surface area (Å²) < 4.78 is 39.7. The molecule has 0 radical (unpaired) electrons. The summed E-state index contributed by atoms with van der Waals surface area (Å²) in [6, 6.07) is 6.18. The lowest BCUT2D eigenvalue weighted by Gasteiger charge is -2.15. The summed E-state index contributed by atoms with van der Waals surface area (Å²) in [7, 11) is 0. The van der Waals surface area contributed by atoms with E-state index in [1.807, 2.05) is 0 Å². The molecular weight excluding hydrogens is 229 g/mol. The van der Waals surface area contributed by atoms with E-state index in [9.17, 15) is 13.2 Å². The van der Waals surface area contributed by atoms with Gasteiger partial charge < -0.3 is 4.74 Å². The maximum absolute atomic E-state index is 12.0. The average molecular weight is 246 g/mol. The van der Waals surface area contributed by atoms with Crippen molar-refractivity contribution in [2.24, 2.45) is 0 Å². The summed E-state index contributed by atoms with van der Waals surface area (Å²) in [6.45, 7) is 4.18. The van der Waals surface area contributed by atoms with E-state index in [2.05, 4.69) is 18.6 Å². The largest absolute Gasteiger partial charge is 0.573 e. The average Bonchev–Trinajstić information content (AvgIpc) is 2.25. The maximum atomic E-state index is 12.0. The quantitative estimate of drug-likeness (QED) is 0.719. The summed E-state index contributed by atoms with van der Waals surface area (Å²) in [5.41, 5.74) is 1.07. The summed E-state index contributed by atoms with van der Waals surface area (Å²) in [4.78, 5) is 0. The van der Waals surface area contributed by atoms with Crippen LogP contribution in [-0.4, -0.2) is 6.36 Å². The molecule has 17 heavy (non-hydrogen) atoms. The number of hydrogen-bond donors (Lipinski definition) is 0. The summed E-state index contributed by atoms with van der Waals surface area (Å²) in [6.07, 6.45) is -1.50. The zero-order valence-electron chi connectivity index (χ0n) is 10.1. The lowest BCUT2D eigenvalue weighted by Crippen LogP contribution is -2.17. The standard InChI is InChI=1S/C13H17F3O/c1-3-5-10(4-2)11-6-8-12(9-7-11)17-13(14,15)16/h6-10H,3-5H2,1-2H3. The van der Waals surface area contributed by atoms with Crippen LogP contribution in [0.4, 0.5) is 13.2 Å². The molecule has 0 bridgehead atoms. The highest BCUT2D eigenvalue weighted by Gasteiger charge is 2.31. The van der Waals surface area contributed by atoms with Crippen LogP contribution < -0.4 is 4.74 Å². The Labute approximate surface area is 99.6 Å². The Hall–Kier alpha value is -1.19. The Morgan fingerprint density at radius 3 is 2.12 bits per heavy atom. The van der Waals surface area contributed by atoms with Gasteiger partial charge in [0.15, 0.2) is 0 Å². The second-order valence-electron chi connectivity index (χ2n) is 4.01. The van der Waals surface area contributed by atoms with Crippen molar-refractivity contribution in [3.63, 3.8) is 0 Å². The molecule has 4 heteroatoms. The first-order valence-corrected chi connectivity index (χ1v) is 5.82. The van der Waals surface area contributed by atoms with Crippen molar-refractivity contribution < 1.29 is 17.9 Å². The molecule has 0 aliphatic carbocycles. The zero-order valence-corrected chi connectivity index (χ0v) is 10.1. The summed E-state index contributed by atoms with van der Waals surface area (Å²) >= 11 is 0. The molecule has 0 amide bonds.